The molecule has 1 aromatic heterocycles. The SMILES string of the molecule is COC(=O)c1c(Cl)cc(Cl)nc1OC1CCB(C#N)C1. The topological polar surface area (TPSA) is 72.2 Å². The lowest BCUT2D eigenvalue weighted by Gasteiger charge is -2.15. The van der Waals surface area contributed by atoms with E-state index in [0.717, 1.165) is 12.7 Å². The van der Waals surface area contributed by atoms with Gasteiger partial charge < -0.3 is 9.47 Å². The van der Waals surface area contributed by atoms with Crippen molar-refractivity contribution in [1.82, 2.24) is 4.98 Å². The number of halogens is 2. The molecule has 1 aromatic rings. The molecule has 0 radical (unpaired) electrons. The molecule has 0 N–H and O–H groups in total. The van der Waals surface area contributed by atoms with E-state index in [2.05, 4.69) is 15.7 Å². The lowest BCUT2D eigenvalue weighted by Crippen LogP contribution is -2.17. The zero-order valence-electron chi connectivity index (χ0n) is 10.7. The highest BCUT2D eigenvalue weighted by atomic mass is 35.5. The molecule has 0 aliphatic carbocycles. The number of nitrogens with zero attached hydrogens (tertiary/aromatic N) is 2. The number of hydrogen-bond acceptors (Lipinski definition) is 5. The number of carbonyl (C=O) groups is 1. The third-order valence-electron chi connectivity index (χ3n) is 3.14. The maximum Gasteiger partial charge on any atom is 0.344 e. The number of methoxy groups -OCH3 is 1. The summed E-state index contributed by atoms with van der Waals surface area (Å²) in [5, 5.41) is 9.14. The molecule has 0 aromatic carbocycles. The maximum absolute atomic E-state index is 11.7. The summed E-state index contributed by atoms with van der Waals surface area (Å²) < 4.78 is 10.4. The van der Waals surface area contributed by atoms with Gasteiger partial charge in [0, 0.05) is 5.97 Å². The summed E-state index contributed by atoms with van der Waals surface area (Å²) in [6.45, 7) is -0.0313. The fourth-order valence-corrected chi connectivity index (χ4v) is 2.66. The molecule has 1 aliphatic rings. The van der Waals surface area contributed by atoms with Gasteiger partial charge >= 0.3 is 5.97 Å². The maximum atomic E-state index is 11.7. The van der Waals surface area contributed by atoms with Crippen molar-refractivity contribution in [2.45, 2.75) is 25.2 Å². The molecule has 1 atom stereocenters. The quantitative estimate of drug-likeness (QED) is 0.487. The number of nitriles is 1. The van der Waals surface area contributed by atoms with E-state index in [1.165, 1.54) is 13.2 Å². The second-order valence-corrected chi connectivity index (χ2v) is 5.27. The molecule has 1 aliphatic heterocycles. The van der Waals surface area contributed by atoms with Crippen LogP contribution in [0.5, 0.6) is 5.88 Å². The Kier molecular flexibility index (Phi) is 4.74. The highest BCUT2D eigenvalue weighted by Gasteiger charge is 2.31. The minimum Gasteiger partial charge on any atom is -0.474 e. The summed E-state index contributed by atoms with van der Waals surface area (Å²) in [5.41, 5.74) is 0.0546. The van der Waals surface area contributed by atoms with Crippen LogP contribution in [-0.2, 0) is 4.74 Å². The van der Waals surface area contributed by atoms with Crippen LogP contribution in [0.25, 0.3) is 0 Å². The Morgan fingerprint density at radius 1 is 1.60 bits per heavy atom. The molecule has 8 heteroatoms. The first kappa shape index (κ1) is 15.0. The summed E-state index contributed by atoms with van der Waals surface area (Å²) in [5.74, 6) is 1.63. The van der Waals surface area contributed by atoms with Gasteiger partial charge in [0.25, 0.3) is 6.71 Å². The molecule has 104 valence electrons. The van der Waals surface area contributed by atoms with Gasteiger partial charge in [-0.1, -0.05) is 29.5 Å². The lowest BCUT2D eigenvalue weighted by molar-refractivity contribution is 0.0592. The van der Waals surface area contributed by atoms with Crippen LogP contribution in [0.1, 0.15) is 16.8 Å². The first-order valence-electron chi connectivity index (χ1n) is 6.05. The fourth-order valence-electron chi connectivity index (χ4n) is 2.16. The Morgan fingerprint density at radius 2 is 2.35 bits per heavy atom. The summed E-state index contributed by atoms with van der Waals surface area (Å²) in [6, 6.07) is 1.36. The third-order valence-corrected chi connectivity index (χ3v) is 3.63. The van der Waals surface area contributed by atoms with E-state index >= 15 is 0 Å². The van der Waals surface area contributed by atoms with E-state index in [4.69, 9.17) is 33.2 Å². The third kappa shape index (κ3) is 3.17. The number of hydrogen-bond donors (Lipinski definition) is 0. The van der Waals surface area contributed by atoms with Crippen molar-refractivity contribution in [3.05, 3.63) is 21.8 Å². The van der Waals surface area contributed by atoms with E-state index in [1.807, 2.05) is 0 Å². The number of rotatable bonds is 3. The van der Waals surface area contributed by atoms with Crippen LogP contribution in [0, 0.1) is 11.2 Å². The first-order chi connectivity index (χ1) is 9.55. The van der Waals surface area contributed by atoms with Crippen molar-refractivity contribution in [3.63, 3.8) is 0 Å². The van der Waals surface area contributed by atoms with Crippen LogP contribution in [0.3, 0.4) is 0 Å². The van der Waals surface area contributed by atoms with E-state index in [9.17, 15) is 4.79 Å². The van der Waals surface area contributed by atoms with Crippen molar-refractivity contribution in [2.75, 3.05) is 7.11 Å². The lowest BCUT2D eigenvalue weighted by atomic mass is 9.50. The van der Waals surface area contributed by atoms with Crippen LogP contribution in [0.4, 0.5) is 0 Å². The summed E-state index contributed by atoms with van der Waals surface area (Å²) in [6.07, 6.45) is 1.92. The normalized spacial score (nSPS) is 17.7. The van der Waals surface area contributed by atoms with Crippen LogP contribution in [0.15, 0.2) is 6.07 Å². The number of esters is 1. The van der Waals surface area contributed by atoms with Crippen molar-refractivity contribution >= 4 is 35.9 Å². The van der Waals surface area contributed by atoms with Crippen LogP contribution in [0.2, 0.25) is 22.8 Å². The molecule has 5 nitrogen and oxygen atoms in total. The highest BCUT2D eigenvalue weighted by molar-refractivity contribution is 6.67. The van der Waals surface area contributed by atoms with Gasteiger partial charge in [0.2, 0.25) is 5.88 Å². The second-order valence-electron chi connectivity index (χ2n) is 4.48. The zero-order valence-corrected chi connectivity index (χ0v) is 12.2. The monoisotopic (exact) mass is 312 g/mol. The summed E-state index contributed by atoms with van der Waals surface area (Å²) in [7, 11) is 1.25. The Hall–Kier alpha value is -1.45. The molecule has 0 amide bonds. The fraction of sp³-hybridized carbons (Fsp3) is 0.417. The molecule has 0 bridgehead atoms. The van der Waals surface area contributed by atoms with Gasteiger partial charge in [-0.2, -0.15) is 0 Å². The van der Waals surface area contributed by atoms with Crippen molar-refractivity contribution in [3.8, 4) is 11.8 Å². The first-order valence-corrected chi connectivity index (χ1v) is 6.81. The highest BCUT2D eigenvalue weighted by Crippen LogP contribution is 2.32. The molecule has 0 spiro atoms. The number of aromatic nitrogens is 1. The standard InChI is InChI=1S/C12H11BCl2N2O3/c1-19-12(18)10-8(14)4-9(15)17-11(10)20-7-2-3-13(5-7)6-16/h4,7H,2-3,5H2,1H3. The second kappa shape index (κ2) is 6.34. The van der Waals surface area contributed by atoms with Crippen LogP contribution in [-0.4, -0.2) is 30.9 Å². The summed E-state index contributed by atoms with van der Waals surface area (Å²) >= 11 is 11.8. The van der Waals surface area contributed by atoms with Gasteiger partial charge in [0.15, 0.2) is 0 Å². The molecule has 1 unspecified atom stereocenters. The predicted molar refractivity (Wildman–Crippen MR) is 75.6 cm³/mol. The van der Waals surface area contributed by atoms with E-state index < -0.39 is 5.97 Å². The molecule has 20 heavy (non-hydrogen) atoms. The predicted octanol–water partition coefficient (Wildman–Crippen LogP) is 2.88. The molecule has 2 rings (SSSR count). The molecule has 1 saturated heterocycles. The largest absolute Gasteiger partial charge is 0.474 e. The van der Waals surface area contributed by atoms with Gasteiger partial charge in [-0.3, -0.25) is 0 Å². The molecular weight excluding hydrogens is 302 g/mol. The van der Waals surface area contributed by atoms with E-state index in [0.29, 0.717) is 6.32 Å². The van der Waals surface area contributed by atoms with Crippen LogP contribution >= 0.6 is 23.2 Å². The molecule has 1 fully saturated rings. The van der Waals surface area contributed by atoms with Crippen molar-refractivity contribution in [2.24, 2.45) is 0 Å². The Bertz CT molecular complexity index is 577. The Balaban J connectivity index is 2.27. The van der Waals surface area contributed by atoms with Gasteiger partial charge in [-0.15, -0.1) is 0 Å². The van der Waals surface area contributed by atoms with Gasteiger partial charge in [0.05, 0.1) is 18.2 Å². The van der Waals surface area contributed by atoms with E-state index in [1.54, 1.807) is 0 Å². The number of ether oxygens (including phenoxy) is 2. The number of pyridine rings is 1. The van der Waals surface area contributed by atoms with E-state index in [-0.39, 0.29) is 34.4 Å². The van der Waals surface area contributed by atoms with Gasteiger partial charge in [-0.05, 0) is 18.8 Å². The molecular formula is C12H11BCl2N2O3. The molecule has 0 saturated carbocycles. The summed E-state index contributed by atoms with van der Waals surface area (Å²) in [4.78, 5) is 15.7. The average molecular weight is 313 g/mol. The Labute approximate surface area is 126 Å². The minimum absolute atomic E-state index is 0.0313. The smallest absolute Gasteiger partial charge is 0.344 e. The zero-order chi connectivity index (χ0) is 14.7. The van der Waals surface area contributed by atoms with Crippen molar-refractivity contribution in [1.29, 1.82) is 5.26 Å². The Morgan fingerprint density at radius 3 is 2.95 bits per heavy atom. The van der Waals surface area contributed by atoms with Crippen molar-refractivity contribution < 1.29 is 14.3 Å². The number of carbonyl (C=O) groups excluding carboxylic acids is 1. The average Bonchev–Trinajstić information content (AvgIpc) is 2.85. The van der Waals surface area contributed by atoms with Gasteiger partial charge in [0.1, 0.15) is 10.7 Å². The van der Waals surface area contributed by atoms with Crippen LogP contribution < -0.4 is 4.74 Å². The minimum atomic E-state index is -0.635. The molecule has 2 heterocycles. The van der Waals surface area contributed by atoms with Gasteiger partial charge in [-0.25, -0.2) is 15.0 Å².